The zero-order valence-electron chi connectivity index (χ0n) is 13.7. The molecule has 1 aromatic rings. The Balaban J connectivity index is 1.85. The van der Waals surface area contributed by atoms with Gasteiger partial charge in [0.15, 0.2) is 0 Å². The van der Waals surface area contributed by atoms with Gasteiger partial charge in [0.05, 0.1) is 24.8 Å². The fourth-order valence-corrected chi connectivity index (χ4v) is 2.77. The molecule has 0 aliphatic carbocycles. The Kier molecular flexibility index (Phi) is 5.73. The quantitative estimate of drug-likeness (QED) is 0.735. The van der Waals surface area contributed by atoms with E-state index in [0.717, 1.165) is 0 Å². The molecule has 1 fully saturated rings. The lowest BCUT2D eigenvalue weighted by Crippen LogP contribution is -2.54. The number of rotatable bonds is 5. The number of hydrogen-bond donors (Lipinski definition) is 2. The molecule has 1 amide bonds. The van der Waals surface area contributed by atoms with Crippen LogP contribution in [0.2, 0.25) is 0 Å². The minimum Gasteiger partial charge on any atom is -0.373 e. The van der Waals surface area contributed by atoms with Crippen LogP contribution in [-0.2, 0) is 16.1 Å². The number of nitrogens with zero attached hydrogens (tertiary/aromatic N) is 2. The topological polar surface area (TPSA) is 96.4 Å². The molecule has 2 N–H and O–H groups in total. The van der Waals surface area contributed by atoms with Crippen molar-refractivity contribution in [2.24, 2.45) is 0 Å². The smallest absolute Gasteiger partial charge is 0.265 e. The van der Waals surface area contributed by atoms with Gasteiger partial charge in [0.25, 0.3) is 11.1 Å². The van der Waals surface area contributed by atoms with E-state index in [0.29, 0.717) is 13.1 Å². The van der Waals surface area contributed by atoms with Crippen molar-refractivity contribution in [3.63, 3.8) is 0 Å². The second kappa shape index (κ2) is 7.56. The lowest BCUT2D eigenvalue weighted by molar-refractivity contribution is -0.131. The molecule has 8 nitrogen and oxygen atoms in total. The third kappa shape index (κ3) is 4.77. The number of aromatic amines is 1. The van der Waals surface area contributed by atoms with Crippen molar-refractivity contribution in [1.82, 2.24) is 20.0 Å². The highest BCUT2D eigenvalue weighted by Crippen LogP contribution is 2.13. The van der Waals surface area contributed by atoms with Gasteiger partial charge in [0.2, 0.25) is 5.91 Å². The maximum Gasteiger partial charge on any atom is 0.265 e. The molecule has 1 aromatic heterocycles. The van der Waals surface area contributed by atoms with Crippen LogP contribution in [0.25, 0.3) is 0 Å². The van der Waals surface area contributed by atoms with Crippen LogP contribution in [0.5, 0.6) is 0 Å². The molecule has 0 saturated carbocycles. The summed E-state index contributed by atoms with van der Waals surface area (Å²) in [5.41, 5.74) is -0.650. The highest BCUT2D eigenvalue weighted by atomic mass is 16.5. The largest absolute Gasteiger partial charge is 0.373 e. The van der Waals surface area contributed by atoms with Crippen LogP contribution in [0.15, 0.2) is 21.7 Å². The fraction of sp³-hybridized carbons (Fsp3) is 0.667. The monoisotopic (exact) mass is 324 g/mol. The van der Waals surface area contributed by atoms with Gasteiger partial charge < -0.3 is 10.1 Å². The molecule has 23 heavy (non-hydrogen) atoms. The summed E-state index contributed by atoms with van der Waals surface area (Å²) in [4.78, 5) is 37.1. The molecule has 2 rings (SSSR count). The van der Waals surface area contributed by atoms with Gasteiger partial charge in [0, 0.05) is 31.8 Å². The molecule has 0 bridgehead atoms. The van der Waals surface area contributed by atoms with Gasteiger partial charge >= 0.3 is 0 Å². The Bertz CT molecular complexity index is 643. The number of morpholine rings is 1. The van der Waals surface area contributed by atoms with Crippen molar-refractivity contribution in [2.75, 3.05) is 19.6 Å². The molecule has 0 aromatic carbocycles. The number of ether oxygens (including phenoxy) is 1. The Morgan fingerprint density at radius 1 is 1.35 bits per heavy atom. The lowest BCUT2D eigenvalue weighted by Gasteiger charge is -2.38. The van der Waals surface area contributed by atoms with E-state index >= 15 is 0 Å². The van der Waals surface area contributed by atoms with Crippen LogP contribution in [0.4, 0.5) is 0 Å². The van der Waals surface area contributed by atoms with Crippen LogP contribution in [0.1, 0.15) is 20.8 Å². The van der Waals surface area contributed by atoms with Crippen LogP contribution in [-0.4, -0.2) is 58.5 Å². The van der Waals surface area contributed by atoms with Gasteiger partial charge in [-0.3, -0.25) is 24.4 Å². The predicted octanol–water partition coefficient (Wildman–Crippen LogP) is -0.849. The Morgan fingerprint density at radius 2 is 2.00 bits per heavy atom. The number of carbonyl (C=O) groups excluding carboxylic acids is 1. The molecule has 1 saturated heterocycles. The maximum atomic E-state index is 12.2. The number of nitrogens with one attached hydrogen (secondary N) is 2. The Labute approximate surface area is 134 Å². The molecule has 1 aliphatic heterocycles. The number of carbonyl (C=O) groups is 1. The first-order valence-electron chi connectivity index (χ1n) is 7.84. The number of hydrogen-bond acceptors (Lipinski definition) is 5. The van der Waals surface area contributed by atoms with Crippen molar-refractivity contribution >= 4 is 5.91 Å². The van der Waals surface area contributed by atoms with Gasteiger partial charge in [-0.05, 0) is 20.8 Å². The molecule has 0 radical (unpaired) electrons. The average molecular weight is 324 g/mol. The van der Waals surface area contributed by atoms with Crippen molar-refractivity contribution < 1.29 is 9.53 Å². The SMILES string of the molecule is C[C@@H]1CN([C@H](C)C(=O)NCCn2[nH]c(=O)ccc2=O)C[C@H](C)O1. The third-order valence-electron chi connectivity index (χ3n) is 3.90. The van der Waals surface area contributed by atoms with Gasteiger partial charge in [-0.15, -0.1) is 0 Å². The summed E-state index contributed by atoms with van der Waals surface area (Å²) in [6.07, 6.45) is 0.198. The molecule has 3 atom stereocenters. The number of amides is 1. The van der Waals surface area contributed by atoms with Crippen LogP contribution in [0.3, 0.4) is 0 Å². The highest BCUT2D eigenvalue weighted by molar-refractivity contribution is 5.81. The molecule has 2 heterocycles. The lowest BCUT2D eigenvalue weighted by atomic mass is 10.1. The molecule has 1 aliphatic rings. The molecular weight excluding hydrogens is 300 g/mol. The second-order valence-corrected chi connectivity index (χ2v) is 5.98. The summed E-state index contributed by atoms with van der Waals surface area (Å²) in [5.74, 6) is -0.0994. The van der Waals surface area contributed by atoms with Gasteiger partial charge in [-0.25, -0.2) is 4.68 Å². The zero-order chi connectivity index (χ0) is 17.0. The van der Waals surface area contributed by atoms with Gasteiger partial charge in [-0.1, -0.05) is 0 Å². The standard InChI is InChI=1S/C15H24N4O4/c1-10-8-18(9-11(2)23-10)12(3)15(22)16-6-7-19-14(21)5-4-13(20)17-19/h4-5,10-12H,6-9H2,1-3H3,(H,16,22)(H,17,20)/t10-,11+,12-/m1/s1. The molecule has 0 spiro atoms. The zero-order valence-corrected chi connectivity index (χ0v) is 13.7. The van der Waals surface area contributed by atoms with E-state index in [2.05, 4.69) is 15.3 Å². The predicted molar refractivity (Wildman–Crippen MR) is 85.4 cm³/mol. The number of aromatic nitrogens is 2. The van der Waals surface area contributed by atoms with Crippen molar-refractivity contribution in [3.8, 4) is 0 Å². The van der Waals surface area contributed by atoms with E-state index < -0.39 is 0 Å². The molecular formula is C15H24N4O4. The fourth-order valence-electron chi connectivity index (χ4n) is 2.77. The molecule has 8 heteroatoms. The average Bonchev–Trinajstić information content (AvgIpc) is 2.48. The van der Waals surface area contributed by atoms with Gasteiger partial charge in [-0.2, -0.15) is 0 Å². The molecule has 128 valence electrons. The van der Waals surface area contributed by atoms with Gasteiger partial charge in [0.1, 0.15) is 0 Å². The molecule has 0 unspecified atom stereocenters. The van der Waals surface area contributed by atoms with E-state index in [1.54, 1.807) is 0 Å². The normalized spacial score (nSPS) is 23.4. The summed E-state index contributed by atoms with van der Waals surface area (Å²) < 4.78 is 6.85. The summed E-state index contributed by atoms with van der Waals surface area (Å²) in [7, 11) is 0. The first-order valence-corrected chi connectivity index (χ1v) is 7.84. The first-order chi connectivity index (χ1) is 10.9. The summed E-state index contributed by atoms with van der Waals surface area (Å²) in [6.45, 7) is 7.77. The van der Waals surface area contributed by atoms with Crippen molar-refractivity contribution in [3.05, 3.63) is 32.8 Å². The minimum atomic E-state index is -0.347. The summed E-state index contributed by atoms with van der Waals surface area (Å²) in [6, 6.07) is 2.12. The van der Waals surface area contributed by atoms with Crippen molar-refractivity contribution in [2.45, 2.75) is 45.6 Å². The van der Waals surface area contributed by atoms with E-state index in [1.807, 2.05) is 20.8 Å². The second-order valence-electron chi connectivity index (χ2n) is 5.98. The Hall–Kier alpha value is -1.93. The van der Waals surface area contributed by atoms with Crippen LogP contribution in [0, 0.1) is 0 Å². The minimum absolute atomic E-state index is 0.0990. The van der Waals surface area contributed by atoms with Crippen molar-refractivity contribution in [1.29, 1.82) is 0 Å². The first kappa shape index (κ1) is 17.4. The summed E-state index contributed by atoms with van der Waals surface area (Å²) >= 11 is 0. The maximum absolute atomic E-state index is 12.2. The van der Waals surface area contributed by atoms with E-state index in [9.17, 15) is 14.4 Å². The third-order valence-corrected chi connectivity index (χ3v) is 3.90. The highest BCUT2D eigenvalue weighted by Gasteiger charge is 2.28. The number of H-pyrrole nitrogens is 1. The summed E-state index contributed by atoms with van der Waals surface area (Å²) in [5, 5.41) is 5.23. The van der Waals surface area contributed by atoms with E-state index in [-0.39, 0.29) is 48.4 Å². The van der Waals surface area contributed by atoms with Crippen LogP contribution < -0.4 is 16.4 Å². The van der Waals surface area contributed by atoms with E-state index in [4.69, 9.17) is 4.74 Å². The van der Waals surface area contributed by atoms with E-state index in [1.165, 1.54) is 16.8 Å². The Morgan fingerprint density at radius 3 is 2.65 bits per heavy atom. The van der Waals surface area contributed by atoms with Crippen LogP contribution >= 0.6 is 0 Å².